The van der Waals surface area contributed by atoms with Crippen molar-refractivity contribution in [3.8, 4) is 0 Å². The third-order valence-corrected chi connectivity index (χ3v) is 7.19. The van der Waals surface area contributed by atoms with Gasteiger partial charge in [-0.2, -0.15) is 0 Å². The fourth-order valence-electron chi connectivity index (χ4n) is 4.97. The minimum atomic E-state index is 0. The van der Waals surface area contributed by atoms with E-state index in [2.05, 4.69) is 160 Å². The molecule has 0 fully saturated rings. The van der Waals surface area contributed by atoms with E-state index >= 15 is 0 Å². The van der Waals surface area contributed by atoms with Gasteiger partial charge in [0.05, 0.1) is 0 Å². The van der Waals surface area contributed by atoms with Crippen molar-refractivity contribution in [3.63, 3.8) is 0 Å². The quantitative estimate of drug-likeness (QED) is 0.222. The van der Waals surface area contributed by atoms with Crippen LogP contribution in [0.1, 0.15) is 42.7 Å². The summed E-state index contributed by atoms with van der Waals surface area (Å²) < 4.78 is 2.27. The normalized spacial score (nSPS) is 10.3. The summed E-state index contributed by atoms with van der Waals surface area (Å²) in [7, 11) is 2.13. The molecule has 0 atom stereocenters. The van der Waals surface area contributed by atoms with E-state index in [9.17, 15) is 0 Å². The second-order valence-electron chi connectivity index (χ2n) is 10.4. The van der Waals surface area contributed by atoms with E-state index in [4.69, 9.17) is 0 Å². The maximum absolute atomic E-state index is 2.29. The van der Waals surface area contributed by atoms with E-state index in [0.29, 0.717) is 0 Å². The SMILES string of the molecule is C.C.Cc1ccc(N(c2ccc(C)cc2)c2ccc(C)cc2)cc1.Cc1ccc2c(c1)c1cc(C)ccc1n2C. The van der Waals surface area contributed by atoms with Gasteiger partial charge in [0.25, 0.3) is 0 Å². The first-order valence-electron chi connectivity index (χ1n) is 13.3. The van der Waals surface area contributed by atoms with Crippen LogP contribution in [0.4, 0.5) is 17.1 Å². The highest BCUT2D eigenvalue weighted by Gasteiger charge is 2.12. The highest BCUT2D eigenvalue weighted by atomic mass is 15.1. The van der Waals surface area contributed by atoms with Crippen molar-refractivity contribution in [2.45, 2.75) is 49.5 Å². The van der Waals surface area contributed by atoms with Gasteiger partial charge in [0, 0.05) is 45.9 Å². The number of rotatable bonds is 3. The molecule has 0 aliphatic heterocycles. The molecule has 0 saturated carbocycles. The van der Waals surface area contributed by atoms with Crippen LogP contribution in [0.15, 0.2) is 109 Å². The monoisotopic (exact) mass is 528 g/mol. The van der Waals surface area contributed by atoms with E-state index in [1.54, 1.807) is 0 Å². The Morgan fingerprint density at radius 2 is 0.675 bits per heavy atom. The van der Waals surface area contributed by atoms with Crippen molar-refractivity contribution in [3.05, 3.63) is 137 Å². The zero-order valence-electron chi connectivity index (χ0n) is 23.3. The van der Waals surface area contributed by atoms with Gasteiger partial charge >= 0.3 is 0 Å². The van der Waals surface area contributed by atoms with Crippen LogP contribution in [0.2, 0.25) is 0 Å². The van der Waals surface area contributed by atoms with Gasteiger partial charge in [-0.1, -0.05) is 91.2 Å². The summed E-state index contributed by atoms with van der Waals surface area (Å²) in [5.74, 6) is 0. The molecule has 0 amide bonds. The van der Waals surface area contributed by atoms with Gasteiger partial charge in [0.1, 0.15) is 0 Å². The molecule has 1 heterocycles. The third-order valence-electron chi connectivity index (χ3n) is 7.19. The molecule has 0 aliphatic rings. The van der Waals surface area contributed by atoms with Crippen LogP contribution in [0.5, 0.6) is 0 Å². The molecule has 0 saturated heterocycles. The molecule has 2 heteroatoms. The molecule has 5 aromatic carbocycles. The molecular formula is C38H44N2. The van der Waals surface area contributed by atoms with E-state index < -0.39 is 0 Å². The highest BCUT2D eigenvalue weighted by Crippen LogP contribution is 2.34. The largest absolute Gasteiger partial charge is 0.344 e. The van der Waals surface area contributed by atoms with Gasteiger partial charge in [-0.3, -0.25) is 0 Å². The second kappa shape index (κ2) is 12.7. The summed E-state index contributed by atoms with van der Waals surface area (Å²) in [6.45, 7) is 10.6. The summed E-state index contributed by atoms with van der Waals surface area (Å²) in [4.78, 5) is 2.29. The molecule has 40 heavy (non-hydrogen) atoms. The van der Waals surface area contributed by atoms with E-state index in [1.165, 1.54) is 66.7 Å². The fourth-order valence-corrected chi connectivity index (χ4v) is 4.97. The van der Waals surface area contributed by atoms with Crippen molar-refractivity contribution in [1.29, 1.82) is 0 Å². The Morgan fingerprint density at radius 3 is 0.975 bits per heavy atom. The van der Waals surface area contributed by atoms with Gasteiger partial charge in [-0.25, -0.2) is 0 Å². The molecule has 0 unspecified atom stereocenters. The average Bonchev–Trinajstić information content (AvgIpc) is 3.18. The standard InChI is InChI=1S/C21H21N.C15H15N.2CH4/c1-16-4-10-19(11-5-16)22(20-12-6-17(2)7-13-20)21-14-8-18(3)9-15-21;1-10-4-6-14-12(8-10)13-9-11(2)5-7-15(13)16(14)3;;/h4-15H,1-3H3;4-9H,1-3H3;2*1H4. The minimum absolute atomic E-state index is 0. The zero-order chi connectivity index (χ0) is 26.8. The van der Waals surface area contributed by atoms with Gasteiger partial charge in [-0.15, -0.1) is 0 Å². The van der Waals surface area contributed by atoms with Crippen LogP contribution in [-0.4, -0.2) is 4.57 Å². The number of hydrogen-bond acceptors (Lipinski definition) is 1. The first-order chi connectivity index (χ1) is 18.3. The number of hydrogen-bond donors (Lipinski definition) is 0. The van der Waals surface area contributed by atoms with Gasteiger partial charge in [-0.05, 0) is 95.3 Å². The Bertz CT molecular complexity index is 1520. The van der Waals surface area contributed by atoms with Crippen LogP contribution in [0, 0.1) is 34.6 Å². The topological polar surface area (TPSA) is 8.17 Å². The lowest BCUT2D eigenvalue weighted by Gasteiger charge is -2.25. The van der Waals surface area contributed by atoms with Crippen LogP contribution in [0.3, 0.4) is 0 Å². The maximum atomic E-state index is 2.29. The molecule has 0 N–H and O–H groups in total. The van der Waals surface area contributed by atoms with Gasteiger partial charge < -0.3 is 9.47 Å². The van der Waals surface area contributed by atoms with Crippen molar-refractivity contribution in [2.75, 3.05) is 4.90 Å². The lowest BCUT2D eigenvalue weighted by Crippen LogP contribution is -2.09. The molecule has 0 aliphatic carbocycles. The Morgan fingerprint density at radius 1 is 0.400 bits per heavy atom. The zero-order valence-corrected chi connectivity index (χ0v) is 23.3. The minimum Gasteiger partial charge on any atom is -0.344 e. The second-order valence-corrected chi connectivity index (χ2v) is 10.4. The summed E-state index contributed by atoms with van der Waals surface area (Å²) in [6.07, 6.45) is 0. The first kappa shape index (κ1) is 30.2. The number of anilines is 3. The fraction of sp³-hybridized carbons (Fsp3) is 0.211. The molecule has 1 aromatic heterocycles. The first-order valence-corrected chi connectivity index (χ1v) is 13.3. The summed E-state index contributed by atoms with van der Waals surface area (Å²) >= 11 is 0. The van der Waals surface area contributed by atoms with Crippen molar-refractivity contribution < 1.29 is 0 Å². The van der Waals surface area contributed by atoms with Crippen LogP contribution in [-0.2, 0) is 7.05 Å². The maximum Gasteiger partial charge on any atom is 0.0488 e. The number of aromatic nitrogens is 1. The molecule has 2 nitrogen and oxygen atoms in total. The Hall–Kier alpha value is -4.30. The number of fused-ring (bicyclic) bond motifs is 3. The molecule has 206 valence electrons. The lowest BCUT2D eigenvalue weighted by atomic mass is 10.1. The molecule has 6 rings (SSSR count). The highest BCUT2D eigenvalue weighted by molar-refractivity contribution is 6.08. The molecule has 0 spiro atoms. The summed E-state index contributed by atoms with van der Waals surface area (Å²) in [6, 6.07) is 39.3. The number of aryl methyl sites for hydroxylation is 6. The summed E-state index contributed by atoms with van der Waals surface area (Å²) in [5.41, 5.74) is 12.6. The molecule has 6 aromatic rings. The van der Waals surface area contributed by atoms with E-state index in [0.717, 1.165) is 0 Å². The lowest BCUT2D eigenvalue weighted by molar-refractivity contribution is 1.01. The number of benzene rings is 5. The van der Waals surface area contributed by atoms with Crippen molar-refractivity contribution >= 4 is 38.9 Å². The molecule has 0 radical (unpaired) electrons. The molecule has 0 bridgehead atoms. The van der Waals surface area contributed by atoms with Crippen LogP contribution >= 0.6 is 0 Å². The van der Waals surface area contributed by atoms with E-state index in [-0.39, 0.29) is 14.9 Å². The van der Waals surface area contributed by atoms with Crippen LogP contribution in [0.25, 0.3) is 21.8 Å². The van der Waals surface area contributed by atoms with Gasteiger partial charge in [0.15, 0.2) is 0 Å². The van der Waals surface area contributed by atoms with Crippen molar-refractivity contribution in [2.24, 2.45) is 7.05 Å². The van der Waals surface area contributed by atoms with Gasteiger partial charge in [0.2, 0.25) is 0 Å². The summed E-state index contributed by atoms with van der Waals surface area (Å²) in [5, 5.41) is 2.72. The predicted octanol–water partition coefficient (Wildman–Crippen LogP) is 11.3. The molecular weight excluding hydrogens is 484 g/mol. The number of nitrogens with zero attached hydrogens (tertiary/aromatic N) is 2. The van der Waals surface area contributed by atoms with Crippen molar-refractivity contribution in [1.82, 2.24) is 4.57 Å². The predicted molar refractivity (Wildman–Crippen MR) is 179 cm³/mol. The Balaban J connectivity index is 0.000000219. The average molecular weight is 529 g/mol. The third kappa shape index (κ3) is 6.29. The smallest absolute Gasteiger partial charge is 0.0488 e. The van der Waals surface area contributed by atoms with E-state index in [1.807, 2.05) is 0 Å². The Kier molecular flexibility index (Phi) is 9.60. The van der Waals surface area contributed by atoms with Crippen LogP contribution < -0.4 is 4.90 Å². The Labute approximate surface area is 241 Å².